The number of carbonyl (C=O) groups excluding carboxylic acids is 1. The molecule has 0 amide bonds. The molecular weight excluding hydrogens is 424 g/mol. The summed E-state index contributed by atoms with van der Waals surface area (Å²) in [7, 11) is 0. The number of hydrogen-bond donors (Lipinski definition) is 2. The van der Waals surface area contributed by atoms with Gasteiger partial charge in [-0.2, -0.15) is 0 Å². The minimum atomic E-state index is -0.670. The highest BCUT2D eigenvalue weighted by Crippen LogP contribution is 2.76. The molecule has 0 spiro atoms. The Morgan fingerprint density at radius 1 is 0.882 bits per heavy atom. The van der Waals surface area contributed by atoms with Gasteiger partial charge in [-0.05, 0) is 97.2 Å². The number of aliphatic hydroxyl groups is 1. The number of carbonyl (C=O) groups is 2. The molecule has 5 aliphatic rings. The van der Waals surface area contributed by atoms with Gasteiger partial charge in [0.2, 0.25) is 0 Å². The summed E-state index contributed by atoms with van der Waals surface area (Å²) in [6.07, 6.45) is 11.6. The van der Waals surface area contributed by atoms with Gasteiger partial charge >= 0.3 is 5.97 Å². The smallest absolute Gasteiger partial charge is 0.313 e. The average Bonchev–Trinajstić information content (AvgIpc) is 2.76. The summed E-state index contributed by atoms with van der Waals surface area (Å²) in [6.45, 7) is 13.9. The second-order valence-electron chi connectivity index (χ2n) is 14.6. The van der Waals surface area contributed by atoms with E-state index >= 15 is 0 Å². The maximum atomic E-state index is 13.0. The van der Waals surface area contributed by atoms with Gasteiger partial charge in [-0.15, -0.1) is 0 Å². The fourth-order valence-corrected chi connectivity index (χ4v) is 10.5. The number of fused-ring (bicyclic) bond motifs is 7. The fourth-order valence-electron chi connectivity index (χ4n) is 10.5. The minimum Gasteiger partial charge on any atom is -0.481 e. The van der Waals surface area contributed by atoms with Gasteiger partial charge in [0.05, 0.1) is 17.4 Å². The molecule has 190 valence electrons. The first-order valence-electron chi connectivity index (χ1n) is 13.8. The zero-order valence-electron chi connectivity index (χ0n) is 22.3. The molecule has 0 aromatic heterocycles. The molecule has 5 aliphatic carbocycles. The van der Waals surface area contributed by atoms with Gasteiger partial charge in [-0.1, -0.05) is 53.2 Å². The summed E-state index contributed by atoms with van der Waals surface area (Å²) in [5, 5.41) is 20.8. The number of rotatable bonds is 2. The first-order valence-corrected chi connectivity index (χ1v) is 13.8. The SMILES string of the molecule is CC1(C)C=C2[C@H]3CC[C@@H]4[C@@]5(C)CCC(=O)[C@](C)(CO)[C@@H]5CC[C@@]4(C)C3(C)CC[C@@]2(C(=O)O)CC1. The lowest BCUT2D eigenvalue weighted by Gasteiger charge is -2.71. The van der Waals surface area contributed by atoms with Crippen LogP contribution in [-0.2, 0) is 9.59 Å². The van der Waals surface area contributed by atoms with Crippen molar-refractivity contribution in [2.75, 3.05) is 6.61 Å². The Bertz CT molecular complexity index is 949. The highest BCUT2D eigenvalue weighted by Gasteiger charge is 2.70. The van der Waals surface area contributed by atoms with Crippen molar-refractivity contribution in [2.24, 2.45) is 50.2 Å². The van der Waals surface area contributed by atoms with E-state index < -0.39 is 16.8 Å². The van der Waals surface area contributed by atoms with Crippen molar-refractivity contribution in [1.29, 1.82) is 0 Å². The van der Waals surface area contributed by atoms with Crippen molar-refractivity contribution in [3.8, 4) is 0 Å². The Labute approximate surface area is 206 Å². The first-order chi connectivity index (χ1) is 15.7. The number of ketones is 1. The predicted octanol–water partition coefficient (Wildman–Crippen LogP) is 6.41. The van der Waals surface area contributed by atoms with Crippen LogP contribution in [0.1, 0.15) is 106 Å². The number of hydrogen-bond acceptors (Lipinski definition) is 3. The van der Waals surface area contributed by atoms with E-state index in [1.54, 1.807) is 0 Å². The molecule has 4 heteroatoms. The summed E-state index contributed by atoms with van der Waals surface area (Å²) >= 11 is 0. The molecule has 1 unspecified atom stereocenters. The third kappa shape index (κ3) is 2.81. The number of carboxylic acids is 1. The van der Waals surface area contributed by atoms with Crippen LogP contribution in [0.5, 0.6) is 0 Å². The summed E-state index contributed by atoms with van der Waals surface area (Å²) in [5.41, 5.74) is 0.249. The Kier molecular flexibility index (Phi) is 5.20. The summed E-state index contributed by atoms with van der Waals surface area (Å²) < 4.78 is 0. The number of aliphatic hydroxyl groups excluding tert-OH is 1. The van der Waals surface area contributed by atoms with Crippen LogP contribution < -0.4 is 0 Å². The lowest BCUT2D eigenvalue weighted by Crippen LogP contribution is -2.66. The third-order valence-electron chi connectivity index (χ3n) is 12.9. The van der Waals surface area contributed by atoms with Crippen LogP contribution in [-0.4, -0.2) is 28.6 Å². The fraction of sp³-hybridized carbons (Fsp3) is 0.867. The molecule has 8 atom stereocenters. The maximum Gasteiger partial charge on any atom is 0.313 e. The van der Waals surface area contributed by atoms with E-state index in [9.17, 15) is 19.8 Å². The molecule has 0 radical (unpaired) electrons. The second kappa shape index (κ2) is 7.20. The van der Waals surface area contributed by atoms with Gasteiger partial charge in [0.25, 0.3) is 0 Å². The highest BCUT2D eigenvalue weighted by atomic mass is 16.4. The van der Waals surface area contributed by atoms with Gasteiger partial charge in [-0.25, -0.2) is 0 Å². The maximum absolute atomic E-state index is 13.0. The van der Waals surface area contributed by atoms with Crippen LogP contribution >= 0.6 is 0 Å². The summed E-state index contributed by atoms with van der Waals surface area (Å²) in [6, 6.07) is 0. The Morgan fingerprint density at radius 2 is 1.56 bits per heavy atom. The molecule has 0 bridgehead atoms. The van der Waals surface area contributed by atoms with Crippen molar-refractivity contribution in [3.63, 3.8) is 0 Å². The van der Waals surface area contributed by atoms with Crippen LogP contribution in [0.2, 0.25) is 0 Å². The molecule has 2 N–H and O–H groups in total. The monoisotopic (exact) mass is 470 g/mol. The molecule has 0 aromatic carbocycles. The molecule has 0 aromatic rings. The van der Waals surface area contributed by atoms with Crippen LogP contribution in [0.15, 0.2) is 11.6 Å². The highest BCUT2D eigenvalue weighted by molar-refractivity contribution is 5.86. The Morgan fingerprint density at radius 3 is 2.21 bits per heavy atom. The van der Waals surface area contributed by atoms with E-state index in [1.807, 2.05) is 6.92 Å². The molecular formula is C30H46O4. The quantitative estimate of drug-likeness (QED) is 0.457. The largest absolute Gasteiger partial charge is 0.481 e. The van der Waals surface area contributed by atoms with Crippen LogP contribution in [0, 0.1) is 50.2 Å². The van der Waals surface area contributed by atoms with Crippen molar-refractivity contribution in [2.45, 2.75) is 106 Å². The predicted molar refractivity (Wildman–Crippen MR) is 133 cm³/mol. The molecule has 4 nitrogen and oxygen atoms in total. The van der Waals surface area contributed by atoms with Crippen molar-refractivity contribution < 1.29 is 19.8 Å². The third-order valence-corrected chi connectivity index (χ3v) is 12.9. The lowest BCUT2D eigenvalue weighted by atomic mass is 9.32. The number of allylic oxidation sites excluding steroid dienone is 1. The van der Waals surface area contributed by atoms with E-state index in [-0.39, 0.29) is 40.0 Å². The zero-order chi connectivity index (χ0) is 24.9. The van der Waals surface area contributed by atoms with Gasteiger partial charge in [0.15, 0.2) is 0 Å². The molecule has 34 heavy (non-hydrogen) atoms. The van der Waals surface area contributed by atoms with Crippen LogP contribution in [0.3, 0.4) is 0 Å². The second-order valence-corrected chi connectivity index (χ2v) is 14.6. The molecule has 0 heterocycles. The summed E-state index contributed by atoms with van der Waals surface area (Å²) in [5.74, 6) is 0.712. The molecule has 5 rings (SSSR count). The average molecular weight is 471 g/mol. The summed E-state index contributed by atoms with van der Waals surface area (Å²) in [4.78, 5) is 25.7. The van der Waals surface area contributed by atoms with Gasteiger partial charge < -0.3 is 10.2 Å². The molecule has 4 fully saturated rings. The molecule has 0 aliphatic heterocycles. The molecule has 0 saturated heterocycles. The normalized spacial score (nSPS) is 51.9. The van der Waals surface area contributed by atoms with Crippen LogP contribution in [0.25, 0.3) is 0 Å². The van der Waals surface area contributed by atoms with E-state index in [1.165, 1.54) is 5.57 Å². The van der Waals surface area contributed by atoms with Gasteiger partial charge in [-0.3, -0.25) is 9.59 Å². The van der Waals surface area contributed by atoms with E-state index in [2.05, 4.69) is 40.7 Å². The number of Topliss-reactive ketones (excluding diaryl/α,β-unsaturated/α-hetero) is 1. The standard InChI is InChI=1S/C30H46O4/c1-25(2)13-15-30(24(33)34)16-14-28(5)19(20(30)17-25)7-8-22-26(3)11-10-23(32)27(4,18-31)21(26)9-12-29(22,28)6/h17,19,21-22,31H,7-16,18H2,1-6H3,(H,33,34)/t19-,21-,22-,26+,27-,28?,29-,30+/m1/s1. The van der Waals surface area contributed by atoms with Crippen molar-refractivity contribution in [1.82, 2.24) is 0 Å². The van der Waals surface area contributed by atoms with E-state index in [4.69, 9.17) is 0 Å². The van der Waals surface area contributed by atoms with Gasteiger partial charge in [0, 0.05) is 6.42 Å². The zero-order valence-corrected chi connectivity index (χ0v) is 22.3. The van der Waals surface area contributed by atoms with Crippen molar-refractivity contribution >= 4 is 11.8 Å². The molecule has 4 saturated carbocycles. The number of aliphatic carboxylic acids is 1. The van der Waals surface area contributed by atoms with Crippen LogP contribution in [0.4, 0.5) is 0 Å². The minimum absolute atomic E-state index is 0.0431. The lowest BCUT2D eigenvalue weighted by molar-refractivity contribution is -0.217. The Hall–Kier alpha value is -1.16. The Balaban J connectivity index is 1.59. The first kappa shape index (κ1) is 24.5. The topological polar surface area (TPSA) is 74.6 Å². The van der Waals surface area contributed by atoms with E-state index in [0.717, 1.165) is 57.8 Å². The van der Waals surface area contributed by atoms with Gasteiger partial charge in [0.1, 0.15) is 5.78 Å². The van der Waals surface area contributed by atoms with E-state index in [0.29, 0.717) is 18.3 Å². The number of carboxylic acid groups (broad SMARTS) is 1. The van der Waals surface area contributed by atoms with Crippen molar-refractivity contribution in [3.05, 3.63) is 11.6 Å².